The van der Waals surface area contributed by atoms with Crippen LogP contribution in [0.4, 0.5) is 5.13 Å². The number of carbonyl (C=O) groups is 1. The zero-order chi connectivity index (χ0) is 17.6. The zero-order valence-corrected chi connectivity index (χ0v) is 17.2. The first-order valence-corrected chi connectivity index (χ1v) is 10.8. The molecule has 1 unspecified atom stereocenters. The van der Waals surface area contributed by atoms with Gasteiger partial charge in [-0.3, -0.25) is 10.1 Å². The van der Waals surface area contributed by atoms with E-state index < -0.39 is 6.10 Å². The second-order valence-electron chi connectivity index (χ2n) is 4.94. The van der Waals surface area contributed by atoms with E-state index in [1.807, 2.05) is 18.2 Å². The van der Waals surface area contributed by atoms with Crippen molar-refractivity contribution < 1.29 is 9.53 Å². The van der Waals surface area contributed by atoms with Crippen molar-refractivity contribution in [3.63, 3.8) is 0 Å². The summed E-state index contributed by atoms with van der Waals surface area (Å²) in [5.74, 6) is 1.23. The van der Waals surface area contributed by atoms with Crippen molar-refractivity contribution in [2.24, 2.45) is 0 Å². The highest BCUT2D eigenvalue weighted by Crippen LogP contribution is 2.29. The topological polar surface area (TPSA) is 64.1 Å². The Morgan fingerprint density at radius 1 is 1.32 bits per heavy atom. The Hall–Kier alpha value is -1.42. The van der Waals surface area contributed by atoms with E-state index in [-0.39, 0.29) is 5.91 Å². The molecule has 0 spiro atoms. The molecule has 3 rings (SSSR count). The summed E-state index contributed by atoms with van der Waals surface area (Å²) < 4.78 is 7.41. The van der Waals surface area contributed by atoms with Gasteiger partial charge in [-0.25, -0.2) is 0 Å². The molecule has 0 radical (unpaired) electrons. The van der Waals surface area contributed by atoms with Gasteiger partial charge in [0.15, 0.2) is 10.4 Å². The third-order valence-electron chi connectivity index (χ3n) is 3.05. The average molecular weight is 456 g/mol. The lowest BCUT2D eigenvalue weighted by atomic mass is 10.3. The maximum Gasteiger partial charge on any atom is 0.266 e. The van der Waals surface area contributed by atoms with Gasteiger partial charge < -0.3 is 4.74 Å². The lowest BCUT2D eigenvalue weighted by Gasteiger charge is -2.13. The van der Waals surface area contributed by atoms with Gasteiger partial charge in [-0.2, -0.15) is 0 Å². The standard InChI is InChI=1S/C16H14BrN3O2S3/c1-10(22-12-6-4-11(17)5-7-12)14(21)18-15-19-20-16(25-15)24-9-13-3-2-8-23-13/h2-8,10H,9H2,1H3,(H,18,19,21). The Balaban J connectivity index is 1.51. The van der Waals surface area contributed by atoms with Crippen LogP contribution in [0.25, 0.3) is 0 Å². The molecule has 1 aromatic carbocycles. The van der Waals surface area contributed by atoms with Crippen LogP contribution in [0.1, 0.15) is 11.8 Å². The molecule has 1 atom stereocenters. The van der Waals surface area contributed by atoms with Crippen LogP contribution in [0, 0.1) is 0 Å². The smallest absolute Gasteiger partial charge is 0.266 e. The molecule has 0 aliphatic carbocycles. The molecule has 3 aromatic rings. The van der Waals surface area contributed by atoms with Crippen LogP contribution in [-0.4, -0.2) is 22.2 Å². The van der Waals surface area contributed by atoms with E-state index in [1.54, 1.807) is 42.2 Å². The van der Waals surface area contributed by atoms with Gasteiger partial charge in [0.05, 0.1) is 0 Å². The molecule has 2 aromatic heterocycles. The summed E-state index contributed by atoms with van der Waals surface area (Å²) >= 11 is 8.04. The SMILES string of the molecule is CC(Oc1ccc(Br)cc1)C(=O)Nc1nnc(SCc2cccs2)s1. The van der Waals surface area contributed by atoms with Crippen LogP contribution < -0.4 is 10.1 Å². The molecule has 5 nitrogen and oxygen atoms in total. The van der Waals surface area contributed by atoms with E-state index in [1.165, 1.54) is 16.2 Å². The summed E-state index contributed by atoms with van der Waals surface area (Å²) in [5.41, 5.74) is 0. The maximum absolute atomic E-state index is 12.2. The first-order valence-electron chi connectivity index (χ1n) is 7.32. The highest BCUT2D eigenvalue weighted by Gasteiger charge is 2.17. The number of ether oxygens (including phenoxy) is 1. The first kappa shape index (κ1) is 18.4. The number of thiophene rings is 1. The number of carbonyl (C=O) groups excluding carboxylic acids is 1. The number of amides is 1. The molecule has 0 saturated heterocycles. The largest absolute Gasteiger partial charge is 0.481 e. The molecular weight excluding hydrogens is 442 g/mol. The lowest BCUT2D eigenvalue weighted by molar-refractivity contribution is -0.122. The second kappa shape index (κ2) is 8.79. The number of hydrogen-bond acceptors (Lipinski definition) is 7. The summed E-state index contributed by atoms with van der Waals surface area (Å²) in [7, 11) is 0. The molecule has 2 heterocycles. The van der Waals surface area contributed by atoms with E-state index in [2.05, 4.69) is 42.9 Å². The van der Waals surface area contributed by atoms with E-state index in [0.717, 1.165) is 14.6 Å². The van der Waals surface area contributed by atoms with E-state index in [9.17, 15) is 4.79 Å². The first-order chi connectivity index (χ1) is 12.1. The normalized spacial score (nSPS) is 11.9. The number of hydrogen-bond donors (Lipinski definition) is 1. The minimum atomic E-state index is -0.632. The number of nitrogens with one attached hydrogen (secondary N) is 1. The number of thioether (sulfide) groups is 1. The van der Waals surface area contributed by atoms with Crippen LogP contribution in [0.15, 0.2) is 50.6 Å². The van der Waals surface area contributed by atoms with Crippen molar-refractivity contribution in [1.29, 1.82) is 0 Å². The van der Waals surface area contributed by atoms with Crippen molar-refractivity contribution in [2.45, 2.75) is 23.1 Å². The maximum atomic E-state index is 12.2. The average Bonchev–Trinajstić information content (AvgIpc) is 3.26. The number of anilines is 1. The van der Waals surface area contributed by atoms with Crippen molar-refractivity contribution in [3.05, 3.63) is 51.1 Å². The Kier molecular flexibility index (Phi) is 6.46. The third-order valence-corrected chi connectivity index (χ3v) is 6.66. The number of benzene rings is 1. The van der Waals surface area contributed by atoms with Gasteiger partial charge in [0.2, 0.25) is 5.13 Å². The van der Waals surface area contributed by atoms with Gasteiger partial charge >= 0.3 is 0 Å². The summed E-state index contributed by atoms with van der Waals surface area (Å²) in [6.45, 7) is 1.70. The number of halogens is 1. The monoisotopic (exact) mass is 455 g/mol. The third kappa shape index (κ3) is 5.53. The Morgan fingerprint density at radius 2 is 2.12 bits per heavy atom. The second-order valence-corrected chi connectivity index (χ2v) is 9.09. The predicted molar refractivity (Wildman–Crippen MR) is 107 cm³/mol. The van der Waals surface area contributed by atoms with Gasteiger partial charge in [0.25, 0.3) is 5.91 Å². The van der Waals surface area contributed by atoms with Gasteiger partial charge in [-0.05, 0) is 42.6 Å². The fraction of sp³-hybridized carbons (Fsp3) is 0.188. The van der Waals surface area contributed by atoms with Crippen LogP contribution in [-0.2, 0) is 10.5 Å². The number of nitrogens with zero attached hydrogens (tertiary/aromatic N) is 2. The van der Waals surface area contributed by atoms with Crippen molar-refractivity contribution in [3.8, 4) is 5.75 Å². The Morgan fingerprint density at radius 3 is 2.84 bits per heavy atom. The molecule has 9 heteroatoms. The fourth-order valence-corrected chi connectivity index (χ4v) is 4.62. The van der Waals surface area contributed by atoms with E-state index >= 15 is 0 Å². The molecule has 25 heavy (non-hydrogen) atoms. The minimum absolute atomic E-state index is 0.256. The summed E-state index contributed by atoms with van der Waals surface area (Å²) in [5, 5.41) is 13.4. The number of aromatic nitrogens is 2. The van der Waals surface area contributed by atoms with Gasteiger partial charge in [-0.1, -0.05) is 45.1 Å². The van der Waals surface area contributed by atoms with E-state index in [4.69, 9.17) is 4.74 Å². The molecule has 0 bridgehead atoms. The predicted octanol–water partition coefficient (Wildman–Crippen LogP) is 5.06. The van der Waals surface area contributed by atoms with Crippen LogP contribution in [0.5, 0.6) is 5.75 Å². The van der Waals surface area contributed by atoms with Crippen molar-refractivity contribution in [2.75, 3.05) is 5.32 Å². The molecule has 0 fully saturated rings. The van der Waals surface area contributed by atoms with Crippen molar-refractivity contribution in [1.82, 2.24) is 10.2 Å². The van der Waals surface area contributed by atoms with Gasteiger partial charge in [0.1, 0.15) is 5.75 Å². The summed E-state index contributed by atoms with van der Waals surface area (Å²) in [6, 6.07) is 11.4. The molecule has 0 saturated carbocycles. The number of rotatable bonds is 7. The Bertz CT molecular complexity index is 822. The summed E-state index contributed by atoms with van der Waals surface area (Å²) in [4.78, 5) is 13.5. The minimum Gasteiger partial charge on any atom is -0.481 e. The molecule has 130 valence electrons. The highest BCUT2D eigenvalue weighted by molar-refractivity contribution is 9.10. The zero-order valence-electron chi connectivity index (χ0n) is 13.1. The molecule has 0 aliphatic rings. The van der Waals surface area contributed by atoms with Crippen molar-refractivity contribution >= 4 is 61.4 Å². The fourth-order valence-electron chi connectivity index (χ4n) is 1.82. The van der Waals surface area contributed by atoms with Crippen LogP contribution in [0.3, 0.4) is 0 Å². The lowest BCUT2D eigenvalue weighted by Crippen LogP contribution is -2.30. The van der Waals surface area contributed by atoms with Crippen LogP contribution in [0.2, 0.25) is 0 Å². The Labute approximate surface area is 166 Å². The van der Waals surface area contributed by atoms with Crippen LogP contribution >= 0.6 is 50.4 Å². The summed E-state index contributed by atoms with van der Waals surface area (Å²) in [6.07, 6.45) is -0.632. The molecule has 1 N–H and O–H groups in total. The molecule has 1 amide bonds. The highest BCUT2D eigenvalue weighted by atomic mass is 79.9. The van der Waals surface area contributed by atoms with Gasteiger partial charge in [0, 0.05) is 15.1 Å². The van der Waals surface area contributed by atoms with Gasteiger partial charge in [-0.15, -0.1) is 21.5 Å². The quantitative estimate of drug-likeness (QED) is 0.398. The molecular formula is C16H14BrN3O2S3. The van der Waals surface area contributed by atoms with E-state index in [0.29, 0.717) is 10.9 Å². The molecule has 0 aliphatic heterocycles.